The van der Waals surface area contributed by atoms with Crippen molar-refractivity contribution in [2.75, 3.05) is 32.5 Å². The standard InChI is InChI=1S/C17H27N3O4S/c1-4-20-7-5-6-12(20)10-19-17(21)14-8-13(11(2)25(22)23)15(18)9-16(14)24-3/h8-9,11-12H,4-7,10,18H2,1-3H3,(H,19,21)(H,22,23)/t11-,12-/m0/s1. The SMILES string of the molecule is CCN1CCC[C@H]1CNC(=O)c1cc([C@H](C)S(=O)O)c(N)cc1OC. The van der Waals surface area contributed by atoms with E-state index < -0.39 is 16.3 Å². The number of ether oxygens (including phenoxy) is 1. The third kappa shape index (κ3) is 4.50. The van der Waals surface area contributed by atoms with E-state index in [-0.39, 0.29) is 5.91 Å². The number of anilines is 1. The molecule has 2 rings (SSSR count). The van der Waals surface area contributed by atoms with Gasteiger partial charge in [-0.25, -0.2) is 4.21 Å². The van der Waals surface area contributed by atoms with E-state index in [2.05, 4.69) is 17.1 Å². The first-order valence-electron chi connectivity index (χ1n) is 8.48. The molecule has 3 atom stereocenters. The molecule has 1 aliphatic rings. The largest absolute Gasteiger partial charge is 0.496 e. The lowest BCUT2D eigenvalue weighted by atomic mass is 10.0. The number of benzene rings is 1. The number of carbonyl (C=O) groups excluding carboxylic acids is 1. The number of rotatable bonds is 7. The zero-order valence-corrected chi connectivity index (χ0v) is 15.8. The van der Waals surface area contributed by atoms with Gasteiger partial charge in [0.05, 0.1) is 17.9 Å². The van der Waals surface area contributed by atoms with Gasteiger partial charge in [-0.3, -0.25) is 9.69 Å². The van der Waals surface area contributed by atoms with Crippen LogP contribution in [-0.2, 0) is 11.1 Å². The van der Waals surface area contributed by atoms with Crippen LogP contribution in [0.4, 0.5) is 5.69 Å². The van der Waals surface area contributed by atoms with Gasteiger partial charge in [0.2, 0.25) is 0 Å². The van der Waals surface area contributed by atoms with E-state index in [1.807, 2.05) is 0 Å². The average molecular weight is 369 g/mol. The van der Waals surface area contributed by atoms with Crippen LogP contribution in [0.5, 0.6) is 5.75 Å². The molecule has 1 unspecified atom stereocenters. The van der Waals surface area contributed by atoms with Crippen molar-refractivity contribution in [3.8, 4) is 5.75 Å². The molecule has 0 radical (unpaired) electrons. The number of hydrogen-bond acceptors (Lipinski definition) is 5. The van der Waals surface area contributed by atoms with Crippen molar-refractivity contribution in [1.82, 2.24) is 10.2 Å². The minimum absolute atomic E-state index is 0.267. The smallest absolute Gasteiger partial charge is 0.255 e. The van der Waals surface area contributed by atoms with Crippen LogP contribution in [-0.4, -0.2) is 52.4 Å². The predicted octanol–water partition coefficient (Wildman–Crippen LogP) is 1.77. The number of nitrogens with zero attached hydrogens (tertiary/aromatic N) is 1. The average Bonchev–Trinajstić information content (AvgIpc) is 3.06. The number of nitrogen functional groups attached to an aromatic ring is 1. The number of nitrogens with two attached hydrogens (primary N) is 1. The summed E-state index contributed by atoms with van der Waals surface area (Å²) < 4.78 is 26.0. The molecule has 1 fully saturated rings. The summed E-state index contributed by atoms with van der Waals surface area (Å²) in [5.41, 5.74) is 7.07. The Balaban J connectivity index is 2.19. The number of nitrogens with one attached hydrogen (secondary N) is 1. The Hall–Kier alpha value is -1.64. The van der Waals surface area contributed by atoms with Gasteiger partial charge in [0.15, 0.2) is 11.1 Å². The van der Waals surface area contributed by atoms with Crippen LogP contribution in [0.15, 0.2) is 12.1 Å². The van der Waals surface area contributed by atoms with Crippen LogP contribution in [0.3, 0.4) is 0 Å². The molecule has 0 aliphatic carbocycles. The van der Waals surface area contributed by atoms with Crippen LogP contribution in [0.25, 0.3) is 0 Å². The number of amides is 1. The zero-order valence-electron chi connectivity index (χ0n) is 14.9. The number of likely N-dealkylation sites (N-methyl/N-ethyl adjacent to an activating group) is 1. The highest BCUT2D eigenvalue weighted by atomic mass is 32.2. The van der Waals surface area contributed by atoms with Crippen LogP contribution in [0, 0.1) is 0 Å². The van der Waals surface area contributed by atoms with Crippen LogP contribution < -0.4 is 15.8 Å². The number of likely N-dealkylation sites (tertiary alicyclic amines) is 1. The van der Waals surface area contributed by atoms with Gasteiger partial charge in [-0.2, -0.15) is 0 Å². The normalized spacial score (nSPS) is 20.2. The van der Waals surface area contributed by atoms with E-state index in [4.69, 9.17) is 10.5 Å². The van der Waals surface area contributed by atoms with E-state index in [1.165, 1.54) is 13.2 Å². The summed E-state index contributed by atoms with van der Waals surface area (Å²) in [5.74, 6) is 0.0883. The lowest BCUT2D eigenvalue weighted by molar-refractivity contribution is 0.0938. The second-order valence-corrected chi connectivity index (χ2v) is 7.49. The van der Waals surface area contributed by atoms with Crippen molar-refractivity contribution in [3.63, 3.8) is 0 Å². The lowest BCUT2D eigenvalue weighted by Gasteiger charge is -2.23. The molecule has 140 valence electrons. The third-order valence-corrected chi connectivity index (χ3v) is 5.65. The molecule has 0 aromatic heterocycles. The summed E-state index contributed by atoms with van der Waals surface area (Å²) in [6.45, 7) is 6.30. The number of methoxy groups -OCH3 is 1. The summed E-state index contributed by atoms with van der Waals surface area (Å²) in [5, 5.41) is 2.26. The van der Waals surface area contributed by atoms with E-state index in [0.717, 1.165) is 25.9 Å². The summed E-state index contributed by atoms with van der Waals surface area (Å²) >= 11 is -2.07. The summed E-state index contributed by atoms with van der Waals surface area (Å²) in [6.07, 6.45) is 2.21. The zero-order chi connectivity index (χ0) is 18.6. The predicted molar refractivity (Wildman–Crippen MR) is 99.2 cm³/mol. The van der Waals surface area contributed by atoms with Gasteiger partial charge in [-0.1, -0.05) is 6.92 Å². The molecule has 8 heteroatoms. The molecule has 25 heavy (non-hydrogen) atoms. The maximum absolute atomic E-state index is 12.6. The Morgan fingerprint density at radius 3 is 2.88 bits per heavy atom. The molecule has 1 heterocycles. The van der Waals surface area contributed by atoms with Crippen molar-refractivity contribution in [2.45, 2.75) is 38.0 Å². The van der Waals surface area contributed by atoms with Gasteiger partial charge >= 0.3 is 0 Å². The minimum atomic E-state index is -2.07. The Morgan fingerprint density at radius 1 is 1.56 bits per heavy atom. The van der Waals surface area contributed by atoms with E-state index in [1.54, 1.807) is 13.0 Å². The molecule has 0 bridgehead atoms. The molecule has 0 spiro atoms. The third-order valence-electron chi connectivity index (χ3n) is 4.79. The summed E-state index contributed by atoms with van der Waals surface area (Å²) in [4.78, 5) is 15.0. The van der Waals surface area contributed by atoms with Crippen molar-refractivity contribution in [2.24, 2.45) is 0 Å². The lowest BCUT2D eigenvalue weighted by Crippen LogP contribution is -2.40. The Bertz CT molecular complexity index is 653. The van der Waals surface area contributed by atoms with Crippen LogP contribution in [0.2, 0.25) is 0 Å². The van der Waals surface area contributed by atoms with Crippen LogP contribution >= 0.6 is 0 Å². The molecule has 1 saturated heterocycles. The minimum Gasteiger partial charge on any atom is -0.496 e. The molecule has 1 amide bonds. The first kappa shape index (κ1) is 19.7. The second-order valence-electron chi connectivity index (χ2n) is 6.23. The highest BCUT2D eigenvalue weighted by Crippen LogP contribution is 2.31. The van der Waals surface area contributed by atoms with Gasteiger partial charge in [0, 0.05) is 24.3 Å². The second kappa shape index (κ2) is 8.64. The fourth-order valence-corrected chi connectivity index (χ4v) is 3.69. The fraction of sp³-hybridized carbons (Fsp3) is 0.588. The summed E-state index contributed by atoms with van der Waals surface area (Å²) in [7, 11) is 1.47. The molecule has 1 aromatic carbocycles. The maximum Gasteiger partial charge on any atom is 0.255 e. The van der Waals surface area contributed by atoms with Gasteiger partial charge in [-0.05, 0) is 44.5 Å². The number of hydrogen-bond donors (Lipinski definition) is 3. The van der Waals surface area contributed by atoms with E-state index in [9.17, 15) is 13.6 Å². The van der Waals surface area contributed by atoms with Crippen LogP contribution in [0.1, 0.15) is 47.9 Å². The van der Waals surface area contributed by atoms with Gasteiger partial charge in [0.25, 0.3) is 5.91 Å². The van der Waals surface area contributed by atoms with Crippen molar-refractivity contribution in [3.05, 3.63) is 23.3 Å². The molecular weight excluding hydrogens is 342 g/mol. The van der Waals surface area contributed by atoms with Crippen molar-refractivity contribution < 1.29 is 18.3 Å². The van der Waals surface area contributed by atoms with Gasteiger partial charge in [0.1, 0.15) is 5.75 Å². The first-order valence-corrected chi connectivity index (χ1v) is 9.65. The van der Waals surface area contributed by atoms with E-state index in [0.29, 0.717) is 35.2 Å². The first-order chi connectivity index (χ1) is 11.9. The highest BCUT2D eigenvalue weighted by molar-refractivity contribution is 7.79. The molecule has 4 N–H and O–H groups in total. The molecular formula is C17H27N3O4S. The van der Waals surface area contributed by atoms with E-state index >= 15 is 0 Å². The monoisotopic (exact) mass is 369 g/mol. The van der Waals surface area contributed by atoms with Crippen molar-refractivity contribution in [1.29, 1.82) is 0 Å². The topological polar surface area (TPSA) is 105 Å². The fourth-order valence-electron chi connectivity index (χ4n) is 3.27. The Kier molecular flexibility index (Phi) is 6.80. The molecule has 1 aromatic rings. The Morgan fingerprint density at radius 2 is 2.28 bits per heavy atom. The maximum atomic E-state index is 12.6. The number of carbonyl (C=O) groups is 1. The summed E-state index contributed by atoms with van der Waals surface area (Å²) in [6, 6.07) is 3.42. The van der Waals surface area contributed by atoms with Crippen molar-refractivity contribution >= 4 is 22.7 Å². The highest BCUT2D eigenvalue weighted by Gasteiger charge is 2.25. The van der Waals surface area contributed by atoms with Gasteiger partial charge < -0.3 is 20.3 Å². The molecule has 0 saturated carbocycles. The molecule has 7 nitrogen and oxygen atoms in total. The quantitative estimate of drug-likeness (QED) is 0.500. The van der Waals surface area contributed by atoms with Gasteiger partial charge in [-0.15, -0.1) is 0 Å². The molecule has 1 aliphatic heterocycles. The Labute approximate surface area is 151 Å².